The lowest BCUT2D eigenvalue weighted by Gasteiger charge is -2.16. The summed E-state index contributed by atoms with van der Waals surface area (Å²) in [7, 11) is 6.12. The van der Waals surface area contributed by atoms with Crippen molar-refractivity contribution in [1.82, 2.24) is 0 Å². The Hall–Kier alpha value is -2.89. The smallest absolute Gasteiger partial charge is 0.263 e. The van der Waals surface area contributed by atoms with Crippen molar-refractivity contribution in [3.63, 3.8) is 0 Å². The molecule has 1 N–H and O–H groups in total. The van der Waals surface area contributed by atoms with Gasteiger partial charge in [0.05, 0.1) is 34.1 Å². The number of rotatable bonds is 6. The van der Waals surface area contributed by atoms with Gasteiger partial charge in [-0.3, -0.25) is 4.79 Å². The Morgan fingerprint density at radius 3 is 1.88 bits per heavy atom. The van der Waals surface area contributed by atoms with Gasteiger partial charge in [0, 0.05) is 6.07 Å². The molecule has 0 aliphatic carbocycles. The number of nitrogens with one attached hydrogen (secondary N) is 1. The Labute approximate surface area is 141 Å². The number of carbonyl (C=O) groups excluding carboxylic acids is 1. The molecule has 0 spiro atoms. The maximum atomic E-state index is 12.8. The Morgan fingerprint density at radius 2 is 1.38 bits per heavy atom. The minimum Gasteiger partial charge on any atom is -0.496 e. The van der Waals surface area contributed by atoms with Gasteiger partial charge in [-0.05, 0) is 30.7 Å². The van der Waals surface area contributed by atoms with Gasteiger partial charge in [0.1, 0.15) is 28.6 Å². The number of aryl methyl sites for hydroxylation is 1. The first-order valence-electron chi connectivity index (χ1n) is 7.30. The van der Waals surface area contributed by atoms with Crippen LogP contribution in [-0.4, -0.2) is 34.3 Å². The van der Waals surface area contributed by atoms with Crippen LogP contribution in [0.15, 0.2) is 30.3 Å². The van der Waals surface area contributed by atoms with Gasteiger partial charge in [0.25, 0.3) is 5.91 Å². The zero-order valence-electron chi connectivity index (χ0n) is 14.4. The molecule has 0 saturated carbocycles. The molecular weight excluding hydrogens is 310 g/mol. The number of anilines is 1. The van der Waals surface area contributed by atoms with Crippen LogP contribution < -0.4 is 24.3 Å². The summed E-state index contributed by atoms with van der Waals surface area (Å²) in [6.45, 7) is 1.90. The van der Waals surface area contributed by atoms with Gasteiger partial charge in [-0.25, -0.2) is 0 Å². The minimum atomic E-state index is -0.367. The third-order valence-corrected chi connectivity index (χ3v) is 3.62. The lowest BCUT2D eigenvalue weighted by molar-refractivity contribution is 0.102. The van der Waals surface area contributed by atoms with Crippen LogP contribution in [0.1, 0.15) is 15.9 Å². The number of hydrogen-bond donors (Lipinski definition) is 1. The molecule has 0 atom stereocenters. The predicted octanol–water partition coefficient (Wildman–Crippen LogP) is 3.28. The number of methoxy groups -OCH3 is 4. The first kappa shape index (κ1) is 17.5. The molecule has 128 valence electrons. The van der Waals surface area contributed by atoms with Gasteiger partial charge in [-0.1, -0.05) is 6.07 Å². The van der Waals surface area contributed by atoms with Crippen molar-refractivity contribution in [1.29, 1.82) is 0 Å². The summed E-state index contributed by atoms with van der Waals surface area (Å²) in [5, 5.41) is 2.83. The third-order valence-electron chi connectivity index (χ3n) is 3.62. The SMILES string of the molecule is COc1cc(NC(=O)c2c(OC)cccc2OC)c(OC)cc1C. The van der Waals surface area contributed by atoms with Crippen molar-refractivity contribution in [3.05, 3.63) is 41.5 Å². The van der Waals surface area contributed by atoms with Crippen molar-refractivity contribution >= 4 is 11.6 Å². The molecule has 6 nitrogen and oxygen atoms in total. The van der Waals surface area contributed by atoms with Gasteiger partial charge in [0.15, 0.2) is 0 Å². The molecule has 0 heterocycles. The van der Waals surface area contributed by atoms with E-state index in [4.69, 9.17) is 18.9 Å². The van der Waals surface area contributed by atoms with E-state index < -0.39 is 0 Å². The maximum absolute atomic E-state index is 12.8. The molecule has 24 heavy (non-hydrogen) atoms. The summed E-state index contributed by atoms with van der Waals surface area (Å²) in [5.74, 6) is 1.66. The molecule has 0 saturated heterocycles. The van der Waals surface area contributed by atoms with Crippen LogP contribution in [0.4, 0.5) is 5.69 Å². The second kappa shape index (κ2) is 7.59. The standard InChI is InChI=1S/C18H21NO5/c1-11-9-16(24-5)12(10-15(11)23-4)19-18(20)17-13(21-2)7-6-8-14(17)22-3/h6-10H,1-5H3,(H,19,20). The monoisotopic (exact) mass is 331 g/mol. The van der Waals surface area contributed by atoms with E-state index in [0.717, 1.165) is 5.56 Å². The summed E-state index contributed by atoms with van der Waals surface area (Å²) < 4.78 is 21.2. The van der Waals surface area contributed by atoms with E-state index in [2.05, 4.69) is 5.32 Å². The molecule has 0 aliphatic rings. The molecule has 0 aliphatic heterocycles. The van der Waals surface area contributed by atoms with Crippen LogP contribution >= 0.6 is 0 Å². The average Bonchev–Trinajstić information content (AvgIpc) is 2.61. The molecule has 0 fully saturated rings. The van der Waals surface area contributed by atoms with Crippen molar-refractivity contribution in [3.8, 4) is 23.0 Å². The van der Waals surface area contributed by atoms with E-state index in [-0.39, 0.29) is 5.91 Å². The normalized spacial score (nSPS) is 10.0. The molecule has 0 aromatic heterocycles. The zero-order chi connectivity index (χ0) is 17.7. The van der Waals surface area contributed by atoms with Crippen molar-refractivity contribution in [2.24, 2.45) is 0 Å². The topological polar surface area (TPSA) is 66.0 Å². The quantitative estimate of drug-likeness (QED) is 0.880. The molecule has 6 heteroatoms. The van der Waals surface area contributed by atoms with Crippen molar-refractivity contribution < 1.29 is 23.7 Å². The van der Waals surface area contributed by atoms with Crippen LogP contribution in [0, 0.1) is 6.92 Å². The van der Waals surface area contributed by atoms with Crippen molar-refractivity contribution in [2.45, 2.75) is 6.92 Å². The van der Waals surface area contributed by atoms with Gasteiger partial charge in [0.2, 0.25) is 0 Å². The fourth-order valence-corrected chi connectivity index (χ4v) is 2.41. The Balaban J connectivity index is 2.44. The van der Waals surface area contributed by atoms with Crippen LogP contribution in [0.5, 0.6) is 23.0 Å². The number of ether oxygens (including phenoxy) is 4. The van der Waals surface area contributed by atoms with Crippen LogP contribution in [0.3, 0.4) is 0 Å². The highest BCUT2D eigenvalue weighted by Crippen LogP contribution is 2.34. The minimum absolute atomic E-state index is 0.309. The first-order valence-corrected chi connectivity index (χ1v) is 7.30. The average molecular weight is 331 g/mol. The fourth-order valence-electron chi connectivity index (χ4n) is 2.41. The number of amides is 1. The summed E-state index contributed by atoms with van der Waals surface area (Å²) in [6.07, 6.45) is 0. The van der Waals surface area contributed by atoms with E-state index in [1.165, 1.54) is 14.2 Å². The lowest BCUT2D eigenvalue weighted by atomic mass is 10.1. The van der Waals surface area contributed by atoms with Crippen LogP contribution in [0.25, 0.3) is 0 Å². The first-order chi connectivity index (χ1) is 11.5. The van der Waals surface area contributed by atoms with E-state index in [9.17, 15) is 4.79 Å². The number of carbonyl (C=O) groups is 1. The highest BCUT2D eigenvalue weighted by atomic mass is 16.5. The molecule has 1 amide bonds. The van der Waals surface area contributed by atoms with Gasteiger partial charge < -0.3 is 24.3 Å². The molecular formula is C18H21NO5. The largest absolute Gasteiger partial charge is 0.496 e. The summed E-state index contributed by atoms with van der Waals surface area (Å²) in [5.41, 5.74) is 1.71. The third kappa shape index (κ3) is 3.37. The van der Waals surface area contributed by atoms with Gasteiger partial charge in [-0.15, -0.1) is 0 Å². The number of benzene rings is 2. The van der Waals surface area contributed by atoms with Crippen molar-refractivity contribution in [2.75, 3.05) is 33.8 Å². The Morgan fingerprint density at radius 1 is 0.833 bits per heavy atom. The summed E-state index contributed by atoms with van der Waals surface area (Å²) >= 11 is 0. The van der Waals surface area contributed by atoms with E-state index >= 15 is 0 Å². The van der Waals surface area contributed by atoms with Gasteiger partial charge in [-0.2, -0.15) is 0 Å². The van der Waals surface area contributed by atoms with E-state index in [0.29, 0.717) is 34.2 Å². The molecule has 2 aromatic rings. The molecule has 2 rings (SSSR count). The van der Waals surface area contributed by atoms with Crippen LogP contribution in [-0.2, 0) is 0 Å². The second-order valence-corrected chi connectivity index (χ2v) is 5.01. The summed E-state index contributed by atoms with van der Waals surface area (Å²) in [6, 6.07) is 8.67. The second-order valence-electron chi connectivity index (χ2n) is 5.01. The van der Waals surface area contributed by atoms with E-state index in [1.807, 2.05) is 6.92 Å². The molecule has 2 aromatic carbocycles. The molecule has 0 bridgehead atoms. The zero-order valence-corrected chi connectivity index (χ0v) is 14.4. The van der Waals surface area contributed by atoms with E-state index in [1.54, 1.807) is 44.6 Å². The maximum Gasteiger partial charge on any atom is 0.263 e. The lowest BCUT2D eigenvalue weighted by Crippen LogP contribution is -2.15. The highest BCUT2D eigenvalue weighted by Gasteiger charge is 2.20. The Bertz CT molecular complexity index is 720. The van der Waals surface area contributed by atoms with Gasteiger partial charge >= 0.3 is 0 Å². The Kier molecular flexibility index (Phi) is 5.52. The highest BCUT2D eigenvalue weighted by molar-refractivity contribution is 6.09. The fraction of sp³-hybridized carbons (Fsp3) is 0.278. The van der Waals surface area contributed by atoms with Crippen LogP contribution in [0.2, 0.25) is 0 Å². The molecule has 0 unspecified atom stereocenters. The predicted molar refractivity (Wildman–Crippen MR) is 91.8 cm³/mol. The molecule has 0 radical (unpaired) electrons. The summed E-state index contributed by atoms with van der Waals surface area (Å²) in [4.78, 5) is 12.8. The number of hydrogen-bond acceptors (Lipinski definition) is 5.